The molecule has 0 aliphatic rings. The number of halogens is 2. The lowest BCUT2D eigenvalue weighted by molar-refractivity contribution is -0.298. The topological polar surface area (TPSA) is 40.1 Å². The van der Waals surface area contributed by atoms with E-state index >= 15 is 0 Å². The van der Waals surface area contributed by atoms with E-state index in [2.05, 4.69) is 0 Å². The first kappa shape index (κ1) is 6.79. The van der Waals surface area contributed by atoms with E-state index in [0.29, 0.717) is 0 Å². The first-order valence-corrected chi connectivity index (χ1v) is 2.17. The van der Waals surface area contributed by atoms with Crippen LogP contribution in [-0.2, 0) is 4.79 Å². The molecule has 7 heavy (non-hydrogen) atoms. The number of carboxylic acid groups (broad SMARTS) is 1. The van der Waals surface area contributed by atoms with Crippen LogP contribution in [0.15, 0.2) is 10.6 Å². The fourth-order valence-electron chi connectivity index (χ4n) is 0.0445. The summed E-state index contributed by atoms with van der Waals surface area (Å²) < 4.78 is 0. The van der Waals surface area contributed by atoms with Crippen molar-refractivity contribution in [2.24, 2.45) is 0 Å². The van der Waals surface area contributed by atoms with Crippen molar-refractivity contribution < 1.29 is 9.90 Å². The van der Waals surface area contributed by atoms with Gasteiger partial charge in [-0.25, -0.2) is 0 Å². The second kappa shape index (κ2) is 2.88. The van der Waals surface area contributed by atoms with Crippen molar-refractivity contribution in [2.45, 2.75) is 0 Å². The summed E-state index contributed by atoms with van der Waals surface area (Å²) >= 11 is 9.70. The van der Waals surface area contributed by atoms with Crippen LogP contribution in [0.1, 0.15) is 0 Å². The van der Waals surface area contributed by atoms with Gasteiger partial charge in [0, 0.05) is 5.54 Å². The molecule has 0 aromatic rings. The van der Waals surface area contributed by atoms with E-state index in [9.17, 15) is 9.90 Å². The summed E-state index contributed by atoms with van der Waals surface area (Å²) in [5.74, 6) is -1.46. The molecule has 0 saturated carbocycles. The molecule has 4 heteroatoms. The van der Waals surface area contributed by atoms with Crippen LogP contribution in [0.25, 0.3) is 0 Å². The predicted octanol–water partition coefficient (Wildman–Crippen LogP) is 0.0553. The summed E-state index contributed by atoms with van der Waals surface area (Å²) in [6.45, 7) is 0. The number of rotatable bonds is 1. The van der Waals surface area contributed by atoms with Gasteiger partial charge < -0.3 is 9.90 Å². The molecule has 0 amide bonds. The molecule has 0 atom stereocenters. The van der Waals surface area contributed by atoms with E-state index in [-0.39, 0.29) is 0 Å². The summed E-state index contributed by atoms with van der Waals surface area (Å²) in [5.41, 5.74) is 0.733. The van der Waals surface area contributed by atoms with Crippen LogP contribution in [0.3, 0.4) is 0 Å². The number of hydrogen-bond donors (Lipinski definition) is 0. The number of carbonyl (C=O) groups excluding carboxylic acids is 1. The van der Waals surface area contributed by atoms with Gasteiger partial charge >= 0.3 is 0 Å². The fraction of sp³-hybridized carbons (Fsp3) is 0. The number of carbonyl (C=O) groups is 1. The van der Waals surface area contributed by atoms with Gasteiger partial charge in [0.25, 0.3) is 0 Å². The molecule has 0 rings (SSSR count). The molecule has 40 valence electrons. The van der Waals surface area contributed by atoms with Gasteiger partial charge in [-0.2, -0.15) is 0 Å². The second-order valence-corrected chi connectivity index (χ2v) is 1.37. The molecule has 0 aromatic carbocycles. The van der Waals surface area contributed by atoms with Gasteiger partial charge in [0.1, 0.15) is 0 Å². The number of aliphatic carboxylic acids is 1. The molecule has 0 saturated heterocycles. The van der Waals surface area contributed by atoms with Crippen molar-refractivity contribution in [2.75, 3.05) is 0 Å². The van der Waals surface area contributed by atoms with Gasteiger partial charge in [-0.05, 0) is 0 Å². The minimum atomic E-state index is -1.46. The standard InChI is InChI=1S/C3H2Cl2O2/c4-1-2(5)3(6)7/h1H,(H,6,7)/p-1/b2-1-. The quantitative estimate of drug-likeness (QED) is 0.483. The average Bonchev–Trinajstić information content (AvgIpc) is 1.65. The highest BCUT2D eigenvalue weighted by molar-refractivity contribution is 6.45. The van der Waals surface area contributed by atoms with E-state index in [1.807, 2.05) is 0 Å². The Morgan fingerprint density at radius 2 is 2.14 bits per heavy atom. The monoisotopic (exact) mass is 139 g/mol. The van der Waals surface area contributed by atoms with Crippen LogP contribution in [-0.4, -0.2) is 5.97 Å². The number of carboxylic acids is 1. The lowest BCUT2D eigenvalue weighted by atomic mass is 10.7. The molecule has 0 bridgehead atoms. The largest absolute Gasteiger partial charge is 0.544 e. The fourth-order valence-corrected chi connectivity index (χ4v) is 0.134. The van der Waals surface area contributed by atoms with E-state index in [1.165, 1.54) is 0 Å². The Balaban J connectivity index is 3.82. The second-order valence-electron chi connectivity index (χ2n) is 0.745. The van der Waals surface area contributed by atoms with Gasteiger partial charge in [-0.15, -0.1) is 0 Å². The summed E-state index contributed by atoms with van der Waals surface area (Å²) in [7, 11) is 0. The zero-order valence-electron chi connectivity index (χ0n) is 3.15. The third-order valence-electron chi connectivity index (χ3n) is 0.291. The Morgan fingerprint density at radius 1 is 1.71 bits per heavy atom. The van der Waals surface area contributed by atoms with Crippen LogP contribution < -0.4 is 5.11 Å². The molecule has 0 aromatic heterocycles. The van der Waals surface area contributed by atoms with Crippen LogP contribution in [0.2, 0.25) is 0 Å². The Bertz CT molecular complexity index is 108. The highest BCUT2D eigenvalue weighted by Crippen LogP contribution is 1.99. The minimum Gasteiger partial charge on any atom is -0.544 e. The van der Waals surface area contributed by atoms with Crippen LogP contribution in [0.4, 0.5) is 0 Å². The van der Waals surface area contributed by atoms with Crippen LogP contribution in [0.5, 0.6) is 0 Å². The highest BCUT2D eigenvalue weighted by atomic mass is 35.5. The summed E-state index contributed by atoms with van der Waals surface area (Å²) in [6, 6.07) is 0. The molecule has 0 fully saturated rings. The molecule has 0 aliphatic heterocycles. The maximum absolute atomic E-state index is 9.53. The third kappa shape index (κ3) is 2.48. The molecule has 2 nitrogen and oxygen atoms in total. The van der Waals surface area contributed by atoms with Crippen molar-refractivity contribution in [1.82, 2.24) is 0 Å². The smallest absolute Gasteiger partial charge is 0.0838 e. The Kier molecular flexibility index (Phi) is 2.79. The van der Waals surface area contributed by atoms with Gasteiger partial charge in [-0.3, -0.25) is 0 Å². The van der Waals surface area contributed by atoms with Gasteiger partial charge in [0.2, 0.25) is 0 Å². The van der Waals surface area contributed by atoms with Crippen molar-refractivity contribution in [1.29, 1.82) is 0 Å². The highest BCUT2D eigenvalue weighted by Gasteiger charge is 1.85. The molecular weight excluding hydrogens is 139 g/mol. The van der Waals surface area contributed by atoms with Crippen LogP contribution >= 0.6 is 23.2 Å². The summed E-state index contributed by atoms with van der Waals surface area (Å²) in [5, 5.41) is 9.05. The average molecular weight is 140 g/mol. The van der Waals surface area contributed by atoms with E-state index in [1.54, 1.807) is 0 Å². The zero-order chi connectivity index (χ0) is 5.86. The lowest BCUT2D eigenvalue weighted by Gasteiger charge is -1.92. The molecule has 0 heterocycles. The zero-order valence-corrected chi connectivity index (χ0v) is 4.66. The Labute approximate surface area is 50.3 Å². The van der Waals surface area contributed by atoms with Crippen molar-refractivity contribution in [3.05, 3.63) is 10.6 Å². The third-order valence-corrected chi connectivity index (χ3v) is 0.884. The first-order chi connectivity index (χ1) is 3.18. The Hall–Kier alpha value is -0.210. The first-order valence-electron chi connectivity index (χ1n) is 1.35. The van der Waals surface area contributed by atoms with Gasteiger partial charge in [-0.1, -0.05) is 23.2 Å². The maximum atomic E-state index is 9.53. The summed E-state index contributed by atoms with van der Waals surface area (Å²) in [6.07, 6.45) is 0. The number of hydrogen-bond acceptors (Lipinski definition) is 2. The molecule has 0 unspecified atom stereocenters. The lowest BCUT2D eigenvalue weighted by Crippen LogP contribution is -2.21. The van der Waals surface area contributed by atoms with Crippen molar-refractivity contribution >= 4 is 29.2 Å². The normalized spacial score (nSPS) is 11.4. The van der Waals surface area contributed by atoms with E-state index < -0.39 is 11.0 Å². The van der Waals surface area contributed by atoms with E-state index in [0.717, 1.165) is 5.54 Å². The summed E-state index contributed by atoms with van der Waals surface area (Å²) in [4.78, 5) is 9.53. The van der Waals surface area contributed by atoms with Crippen molar-refractivity contribution in [3.8, 4) is 0 Å². The molecule has 0 N–H and O–H groups in total. The predicted molar refractivity (Wildman–Crippen MR) is 24.8 cm³/mol. The van der Waals surface area contributed by atoms with Crippen molar-refractivity contribution in [3.63, 3.8) is 0 Å². The Morgan fingerprint density at radius 3 is 2.14 bits per heavy atom. The molecular formula is C3HCl2O2-. The SMILES string of the molecule is O=C([O-])/C(Cl)=C/Cl. The van der Waals surface area contributed by atoms with Gasteiger partial charge in [0.15, 0.2) is 0 Å². The maximum Gasteiger partial charge on any atom is 0.0838 e. The van der Waals surface area contributed by atoms with E-state index in [4.69, 9.17) is 23.2 Å². The van der Waals surface area contributed by atoms with Gasteiger partial charge in [0.05, 0.1) is 11.0 Å². The van der Waals surface area contributed by atoms with Crippen LogP contribution in [0, 0.1) is 0 Å². The molecule has 0 aliphatic carbocycles. The minimum absolute atomic E-state index is 0.485. The molecule has 0 spiro atoms. The molecule has 0 radical (unpaired) electrons.